The van der Waals surface area contributed by atoms with E-state index in [1.165, 1.54) is 0 Å². The van der Waals surface area contributed by atoms with Gasteiger partial charge in [0.25, 0.3) is 5.91 Å². The molecule has 3 rings (SSSR count). The highest BCUT2D eigenvalue weighted by Crippen LogP contribution is 2.21. The zero-order chi connectivity index (χ0) is 20.6. The van der Waals surface area contributed by atoms with Crippen LogP contribution in [0.3, 0.4) is 0 Å². The monoisotopic (exact) mass is 450 g/mol. The molecule has 0 aliphatic rings. The Balaban J connectivity index is 1.73. The number of halogens is 1. The van der Waals surface area contributed by atoms with Crippen LogP contribution >= 0.6 is 15.9 Å². The van der Waals surface area contributed by atoms with Crippen molar-refractivity contribution in [1.29, 1.82) is 0 Å². The van der Waals surface area contributed by atoms with Crippen molar-refractivity contribution < 1.29 is 9.59 Å². The molecule has 0 aliphatic carbocycles. The molecule has 0 saturated carbocycles. The van der Waals surface area contributed by atoms with Gasteiger partial charge < -0.3 is 10.2 Å². The van der Waals surface area contributed by atoms with Crippen LogP contribution in [-0.4, -0.2) is 23.8 Å². The maximum atomic E-state index is 12.9. The lowest BCUT2D eigenvalue weighted by atomic mass is 10.0. The fourth-order valence-corrected chi connectivity index (χ4v) is 3.48. The highest BCUT2D eigenvalue weighted by Gasteiger charge is 2.21. The van der Waals surface area contributed by atoms with Crippen molar-refractivity contribution in [2.45, 2.75) is 19.0 Å². The van der Waals surface area contributed by atoms with E-state index in [4.69, 9.17) is 0 Å². The number of amides is 2. The van der Waals surface area contributed by atoms with E-state index >= 15 is 0 Å². The molecule has 0 saturated heterocycles. The van der Waals surface area contributed by atoms with Crippen molar-refractivity contribution in [1.82, 2.24) is 10.2 Å². The third-order valence-electron chi connectivity index (χ3n) is 4.71. The van der Waals surface area contributed by atoms with Crippen LogP contribution in [0.4, 0.5) is 0 Å². The van der Waals surface area contributed by atoms with Crippen LogP contribution < -0.4 is 5.32 Å². The van der Waals surface area contributed by atoms with Gasteiger partial charge in [-0.1, -0.05) is 82.7 Å². The maximum absolute atomic E-state index is 12.9. The van der Waals surface area contributed by atoms with Gasteiger partial charge >= 0.3 is 0 Å². The smallest absolute Gasteiger partial charge is 0.251 e. The molecule has 1 atom stereocenters. The summed E-state index contributed by atoms with van der Waals surface area (Å²) >= 11 is 3.53. The SMILES string of the molecule is CN(Cc1ccccc1Br)C(=O)CC(NC(=O)c1ccccc1)c1ccccc1. The van der Waals surface area contributed by atoms with Gasteiger partial charge in [-0.15, -0.1) is 0 Å². The predicted octanol–water partition coefficient (Wildman–Crippen LogP) is 4.97. The van der Waals surface area contributed by atoms with Crippen LogP contribution in [0, 0.1) is 0 Å². The van der Waals surface area contributed by atoms with Crippen molar-refractivity contribution >= 4 is 27.7 Å². The minimum Gasteiger partial charge on any atom is -0.345 e. The summed E-state index contributed by atoms with van der Waals surface area (Å²) in [5.74, 6) is -0.233. The number of carbonyl (C=O) groups excluding carboxylic acids is 2. The van der Waals surface area contributed by atoms with E-state index in [1.807, 2.05) is 72.8 Å². The van der Waals surface area contributed by atoms with E-state index in [-0.39, 0.29) is 18.2 Å². The van der Waals surface area contributed by atoms with Crippen molar-refractivity contribution in [3.63, 3.8) is 0 Å². The zero-order valence-corrected chi connectivity index (χ0v) is 17.8. The Bertz CT molecular complexity index is 961. The van der Waals surface area contributed by atoms with Crippen LogP contribution in [0.2, 0.25) is 0 Å². The van der Waals surface area contributed by atoms with Crippen molar-refractivity contribution in [3.05, 3.63) is 106 Å². The number of hydrogen-bond donors (Lipinski definition) is 1. The Morgan fingerprint density at radius 2 is 1.48 bits per heavy atom. The molecular formula is C24H23BrN2O2. The topological polar surface area (TPSA) is 49.4 Å². The molecule has 4 nitrogen and oxygen atoms in total. The van der Waals surface area contributed by atoms with Crippen LogP contribution in [0.5, 0.6) is 0 Å². The summed E-state index contributed by atoms with van der Waals surface area (Å²) in [6.07, 6.45) is 0.184. The summed E-state index contributed by atoms with van der Waals surface area (Å²) in [7, 11) is 1.78. The molecule has 0 heterocycles. The normalized spacial score (nSPS) is 11.5. The molecule has 2 amide bonds. The summed E-state index contributed by atoms with van der Waals surface area (Å²) in [5, 5.41) is 3.01. The highest BCUT2D eigenvalue weighted by atomic mass is 79.9. The lowest BCUT2D eigenvalue weighted by Gasteiger charge is -2.23. The van der Waals surface area contributed by atoms with E-state index in [1.54, 1.807) is 24.1 Å². The average molecular weight is 451 g/mol. The average Bonchev–Trinajstić information content (AvgIpc) is 2.76. The molecule has 1 N–H and O–H groups in total. The predicted molar refractivity (Wildman–Crippen MR) is 118 cm³/mol. The first kappa shape index (κ1) is 20.8. The Morgan fingerprint density at radius 3 is 2.14 bits per heavy atom. The standard InChI is InChI=1S/C24H23BrN2O2/c1-27(17-20-14-8-9-15-21(20)25)23(28)16-22(18-10-4-2-5-11-18)26-24(29)19-12-6-3-7-13-19/h2-15,22H,16-17H2,1H3,(H,26,29). The largest absolute Gasteiger partial charge is 0.345 e. The van der Waals surface area contributed by atoms with E-state index in [0.717, 1.165) is 15.6 Å². The van der Waals surface area contributed by atoms with Crippen LogP contribution in [0.15, 0.2) is 89.4 Å². The Morgan fingerprint density at radius 1 is 0.897 bits per heavy atom. The van der Waals surface area contributed by atoms with E-state index in [0.29, 0.717) is 12.1 Å². The van der Waals surface area contributed by atoms with Crippen LogP contribution in [0.1, 0.15) is 33.9 Å². The van der Waals surface area contributed by atoms with E-state index < -0.39 is 6.04 Å². The molecule has 0 spiro atoms. The molecule has 0 aliphatic heterocycles. The Hall–Kier alpha value is -2.92. The lowest BCUT2D eigenvalue weighted by Crippen LogP contribution is -2.34. The van der Waals surface area contributed by atoms with Gasteiger partial charge in [-0.2, -0.15) is 0 Å². The fraction of sp³-hybridized carbons (Fsp3) is 0.167. The molecule has 5 heteroatoms. The summed E-state index contributed by atoms with van der Waals surface area (Å²) in [6.45, 7) is 0.494. The fourth-order valence-electron chi connectivity index (χ4n) is 3.07. The lowest BCUT2D eigenvalue weighted by molar-refractivity contribution is -0.130. The first-order chi connectivity index (χ1) is 14.0. The number of rotatable bonds is 7. The van der Waals surface area contributed by atoms with Gasteiger partial charge in [0.2, 0.25) is 5.91 Å². The first-order valence-electron chi connectivity index (χ1n) is 9.43. The summed E-state index contributed by atoms with van der Waals surface area (Å²) in [5.41, 5.74) is 2.51. The third kappa shape index (κ3) is 5.78. The molecule has 1 unspecified atom stereocenters. The summed E-state index contributed by atoms with van der Waals surface area (Å²) in [4.78, 5) is 27.3. The minimum absolute atomic E-state index is 0.0389. The third-order valence-corrected chi connectivity index (χ3v) is 5.49. The molecule has 0 bridgehead atoms. The van der Waals surface area contributed by atoms with Crippen molar-refractivity contribution in [2.24, 2.45) is 0 Å². The minimum atomic E-state index is -0.405. The quantitative estimate of drug-likeness (QED) is 0.552. The molecule has 3 aromatic rings. The number of hydrogen-bond acceptors (Lipinski definition) is 2. The zero-order valence-electron chi connectivity index (χ0n) is 16.2. The van der Waals surface area contributed by atoms with Gasteiger partial charge in [-0.3, -0.25) is 9.59 Å². The molecule has 148 valence electrons. The van der Waals surface area contributed by atoms with Crippen LogP contribution in [0.25, 0.3) is 0 Å². The van der Waals surface area contributed by atoms with Crippen LogP contribution in [-0.2, 0) is 11.3 Å². The molecule has 3 aromatic carbocycles. The second-order valence-corrected chi connectivity index (χ2v) is 7.70. The summed E-state index contributed by atoms with van der Waals surface area (Å²) in [6, 6.07) is 26.1. The molecular weight excluding hydrogens is 428 g/mol. The molecule has 29 heavy (non-hydrogen) atoms. The van der Waals surface area contributed by atoms with Gasteiger partial charge in [-0.05, 0) is 29.3 Å². The molecule has 0 radical (unpaired) electrons. The second kappa shape index (κ2) is 10.0. The van der Waals surface area contributed by atoms with Gasteiger partial charge in [0.1, 0.15) is 0 Å². The Labute approximate surface area is 179 Å². The number of nitrogens with zero attached hydrogens (tertiary/aromatic N) is 1. The number of nitrogens with one attached hydrogen (secondary N) is 1. The maximum Gasteiger partial charge on any atom is 0.251 e. The van der Waals surface area contributed by atoms with Gasteiger partial charge in [0, 0.05) is 23.6 Å². The highest BCUT2D eigenvalue weighted by molar-refractivity contribution is 9.10. The molecule has 0 aromatic heterocycles. The second-order valence-electron chi connectivity index (χ2n) is 6.85. The number of carbonyl (C=O) groups is 2. The summed E-state index contributed by atoms with van der Waals surface area (Å²) < 4.78 is 0.969. The Kier molecular flexibility index (Phi) is 7.19. The van der Waals surface area contributed by atoms with Gasteiger partial charge in [-0.25, -0.2) is 0 Å². The van der Waals surface area contributed by atoms with Crippen molar-refractivity contribution in [2.75, 3.05) is 7.05 Å². The van der Waals surface area contributed by atoms with Gasteiger partial charge in [0.05, 0.1) is 12.5 Å². The first-order valence-corrected chi connectivity index (χ1v) is 10.2. The van der Waals surface area contributed by atoms with E-state index in [2.05, 4.69) is 21.2 Å². The van der Waals surface area contributed by atoms with E-state index in [9.17, 15) is 9.59 Å². The van der Waals surface area contributed by atoms with Gasteiger partial charge in [0.15, 0.2) is 0 Å². The molecule has 0 fully saturated rings. The van der Waals surface area contributed by atoms with Crippen molar-refractivity contribution in [3.8, 4) is 0 Å². The number of benzene rings is 3.